The maximum Gasteiger partial charge on any atom is 0.312 e. The van der Waals surface area contributed by atoms with Gasteiger partial charge in [0.15, 0.2) is 0 Å². The Hall–Kier alpha value is -3.15. The van der Waals surface area contributed by atoms with Crippen LogP contribution in [0.4, 0.5) is 0 Å². The molecule has 0 bridgehead atoms. The summed E-state index contributed by atoms with van der Waals surface area (Å²) in [5.41, 5.74) is 3.27. The van der Waals surface area contributed by atoms with Crippen molar-refractivity contribution in [2.45, 2.75) is 19.9 Å². The fourth-order valence-corrected chi connectivity index (χ4v) is 3.15. The van der Waals surface area contributed by atoms with Gasteiger partial charge in [-0.15, -0.1) is 0 Å². The number of hydrogen-bond donors (Lipinski definition) is 1. The van der Waals surface area contributed by atoms with E-state index in [1.165, 1.54) is 9.80 Å². The highest BCUT2D eigenvalue weighted by Gasteiger charge is 2.33. The lowest BCUT2D eigenvalue weighted by molar-refractivity contribution is -0.157. The van der Waals surface area contributed by atoms with Crippen molar-refractivity contribution in [3.05, 3.63) is 71.3 Å². The van der Waals surface area contributed by atoms with E-state index in [0.29, 0.717) is 26.2 Å². The van der Waals surface area contributed by atoms with Gasteiger partial charge in [-0.2, -0.15) is 0 Å². The van der Waals surface area contributed by atoms with Crippen LogP contribution in [0.1, 0.15) is 16.7 Å². The number of nitrogens with zero attached hydrogens (tertiary/aromatic N) is 2. The Morgan fingerprint density at radius 1 is 0.893 bits per heavy atom. The lowest BCUT2D eigenvalue weighted by Gasteiger charge is -2.33. The molecule has 1 aliphatic rings. The van der Waals surface area contributed by atoms with E-state index in [0.717, 1.165) is 23.1 Å². The number of hydrogen-bond acceptors (Lipinski definition) is 3. The van der Waals surface area contributed by atoms with Crippen molar-refractivity contribution in [1.82, 2.24) is 15.1 Å². The number of piperazine rings is 1. The molecule has 1 aliphatic heterocycles. The molecule has 1 heterocycles. The summed E-state index contributed by atoms with van der Waals surface area (Å²) in [5, 5.41) is 2.81. The van der Waals surface area contributed by atoms with Gasteiger partial charge in [0.2, 0.25) is 5.91 Å². The van der Waals surface area contributed by atoms with E-state index < -0.39 is 11.8 Å². The molecule has 2 aromatic rings. The average Bonchev–Trinajstić information content (AvgIpc) is 2.70. The van der Waals surface area contributed by atoms with Gasteiger partial charge in [-0.1, -0.05) is 60.2 Å². The van der Waals surface area contributed by atoms with Crippen LogP contribution in [0.25, 0.3) is 0 Å². The summed E-state index contributed by atoms with van der Waals surface area (Å²) in [7, 11) is 0. The Balaban J connectivity index is 1.46. The van der Waals surface area contributed by atoms with Crippen molar-refractivity contribution in [3.8, 4) is 0 Å². The van der Waals surface area contributed by atoms with E-state index in [9.17, 15) is 14.4 Å². The fraction of sp³-hybridized carbons (Fsp3) is 0.318. The molecule has 1 fully saturated rings. The van der Waals surface area contributed by atoms with E-state index >= 15 is 0 Å². The van der Waals surface area contributed by atoms with Crippen LogP contribution >= 0.6 is 0 Å². The Labute approximate surface area is 165 Å². The second-order valence-electron chi connectivity index (χ2n) is 7.02. The molecule has 28 heavy (non-hydrogen) atoms. The monoisotopic (exact) mass is 379 g/mol. The number of aryl methyl sites for hydroxylation is 1. The van der Waals surface area contributed by atoms with Gasteiger partial charge in [0.05, 0.1) is 0 Å². The number of carbonyl (C=O) groups excluding carboxylic acids is 3. The molecule has 3 rings (SSSR count). The summed E-state index contributed by atoms with van der Waals surface area (Å²) in [6.07, 6.45) is 0.726. The van der Waals surface area contributed by atoms with Crippen molar-refractivity contribution in [1.29, 1.82) is 0 Å². The first-order valence-electron chi connectivity index (χ1n) is 9.47. The summed E-state index contributed by atoms with van der Waals surface area (Å²) in [5.74, 6) is -1.41. The van der Waals surface area contributed by atoms with Crippen molar-refractivity contribution in [3.63, 3.8) is 0 Å². The van der Waals surface area contributed by atoms with Gasteiger partial charge in [-0.05, 0) is 24.5 Å². The number of carbonyl (C=O) groups is 3. The van der Waals surface area contributed by atoms with Crippen LogP contribution in [-0.4, -0.2) is 53.7 Å². The minimum Gasteiger partial charge on any atom is -0.354 e. The summed E-state index contributed by atoms with van der Waals surface area (Å²) in [6, 6.07) is 17.7. The topological polar surface area (TPSA) is 69.7 Å². The molecule has 2 aromatic carbocycles. The summed E-state index contributed by atoms with van der Waals surface area (Å²) >= 11 is 0. The molecule has 3 amide bonds. The first-order valence-corrected chi connectivity index (χ1v) is 9.47. The zero-order valence-corrected chi connectivity index (χ0v) is 16.1. The second kappa shape index (κ2) is 9.17. The maximum atomic E-state index is 12.4. The van der Waals surface area contributed by atoms with Crippen molar-refractivity contribution >= 4 is 17.7 Å². The van der Waals surface area contributed by atoms with Gasteiger partial charge in [0, 0.05) is 26.2 Å². The van der Waals surface area contributed by atoms with E-state index in [2.05, 4.69) is 5.32 Å². The predicted molar refractivity (Wildman–Crippen MR) is 106 cm³/mol. The third-order valence-electron chi connectivity index (χ3n) is 4.80. The van der Waals surface area contributed by atoms with Gasteiger partial charge in [0.25, 0.3) is 0 Å². The normalized spacial score (nSPS) is 14.3. The SMILES string of the molecule is Cc1ccc(CN2CCN(CC(=O)NCCc3ccccc3)C(=O)C2=O)cc1. The van der Waals surface area contributed by atoms with Crippen LogP contribution in [0.3, 0.4) is 0 Å². The van der Waals surface area contributed by atoms with Crippen molar-refractivity contribution in [2.24, 2.45) is 0 Å². The van der Waals surface area contributed by atoms with Gasteiger partial charge >= 0.3 is 11.8 Å². The number of rotatable bonds is 7. The summed E-state index contributed by atoms with van der Waals surface area (Å²) in [4.78, 5) is 39.7. The van der Waals surface area contributed by atoms with Crippen LogP contribution in [-0.2, 0) is 27.3 Å². The van der Waals surface area contributed by atoms with Crippen molar-refractivity contribution < 1.29 is 14.4 Å². The highest BCUT2D eigenvalue weighted by Crippen LogP contribution is 2.11. The van der Waals surface area contributed by atoms with Crippen LogP contribution in [0.2, 0.25) is 0 Å². The van der Waals surface area contributed by atoms with E-state index in [1.54, 1.807) is 0 Å². The van der Waals surface area contributed by atoms with Gasteiger partial charge in [-0.3, -0.25) is 14.4 Å². The van der Waals surface area contributed by atoms with E-state index in [1.807, 2.05) is 61.5 Å². The molecule has 0 unspecified atom stereocenters. The zero-order chi connectivity index (χ0) is 19.9. The lowest BCUT2D eigenvalue weighted by atomic mass is 10.1. The highest BCUT2D eigenvalue weighted by atomic mass is 16.2. The standard InChI is InChI=1S/C22H25N3O3/c1-17-7-9-19(10-8-17)15-24-13-14-25(22(28)21(24)27)16-20(26)23-12-11-18-5-3-2-4-6-18/h2-10H,11-16H2,1H3,(H,23,26). The summed E-state index contributed by atoms with van der Waals surface area (Å²) < 4.78 is 0. The first kappa shape index (κ1) is 19.6. The molecule has 6 heteroatoms. The molecule has 1 saturated heterocycles. The van der Waals surface area contributed by atoms with Gasteiger partial charge in [-0.25, -0.2) is 0 Å². The number of amides is 3. The quantitative estimate of drug-likeness (QED) is 0.742. The Bertz CT molecular complexity index is 834. The Morgan fingerprint density at radius 2 is 1.54 bits per heavy atom. The van der Waals surface area contributed by atoms with Crippen LogP contribution in [0, 0.1) is 6.92 Å². The molecule has 0 radical (unpaired) electrons. The molecular formula is C22H25N3O3. The number of benzene rings is 2. The first-order chi connectivity index (χ1) is 13.5. The minimum absolute atomic E-state index is 0.0856. The van der Waals surface area contributed by atoms with Crippen molar-refractivity contribution in [2.75, 3.05) is 26.2 Å². The molecule has 0 aromatic heterocycles. The highest BCUT2D eigenvalue weighted by molar-refractivity contribution is 6.35. The molecule has 1 N–H and O–H groups in total. The maximum absolute atomic E-state index is 12.4. The van der Waals surface area contributed by atoms with Crippen LogP contribution in [0.15, 0.2) is 54.6 Å². The van der Waals surface area contributed by atoms with E-state index in [4.69, 9.17) is 0 Å². The molecular weight excluding hydrogens is 354 g/mol. The molecule has 0 saturated carbocycles. The second-order valence-corrected chi connectivity index (χ2v) is 7.02. The lowest BCUT2D eigenvalue weighted by Crippen LogP contribution is -2.56. The van der Waals surface area contributed by atoms with E-state index in [-0.39, 0.29) is 12.5 Å². The minimum atomic E-state index is -0.614. The number of nitrogens with one attached hydrogen (secondary N) is 1. The third-order valence-corrected chi connectivity index (χ3v) is 4.80. The predicted octanol–water partition coefficient (Wildman–Crippen LogP) is 1.52. The molecule has 0 spiro atoms. The Kier molecular flexibility index (Phi) is 6.42. The third kappa shape index (κ3) is 5.19. The Morgan fingerprint density at radius 3 is 2.25 bits per heavy atom. The molecule has 146 valence electrons. The fourth-order valence-electron chi connectivity index (χ4n) is 3.15. The van der Waals surface area contributed by atoms with Gasteiger partial charge in [0.1, 0.15) is 6.54 Å². The molecule has 0 atom stereocenters. The average molecular weight is 379 g/mol. The molecule has 0 aliphatic carbocycles. The molecule has 6 nitrogen and oxygen atoms in total. The summed E-state index contributed by atoms with van der Waals surface area (Å²) in [6.45, 7) is 3.61. The van der Waals surface area contributed by atoms with Gasteiger partial charge < -0.3 is 15.1 Å². The van der Waals surface area contributed by atoms with Crippen LogP contribution in [0.5, 0.6) is 0 Å². The van der Waals surface area contributed by atoms with Crippen LogP contribution < -0.4 is 5.32 Å². The largest absolute Gasteiger partial charge is 0.354 e. The zero-order valence-electron chi connectivity index (χ0n) is 16.1. The smallest absolute Gasteiger partial charge is 0.312 e.